The van der Waals surface area contributed by atoms with Gasteiger partial charge in [0, 0.05) is 18.7 Å². The van der Waals surface area contributed by atoms with Gasteiger partial charge in [-0.25, -0.2) is 0 Å². The molecule has 3 rings (SSSR count). The van der Waals surface area contributed by atoms with Crippen LogP contribution in [0.15, 0.2) is 48.5 Å². The van der Waals surface area contributed by atoms with Gasteiger partial charge in [0.15, 0.2) is 5.78 Å². The van der Waals surface area contributed by atoms with Gasteiger partial charge in [-0.2, -0.15) is 0 Å². The minimum Gasteiger partial charge on any atom is -0.508 e. The van der Waals surface area contributed by atoms with Crippen LogP contribution in [0.2, 0.25) is 0 Å². The number of benzene rings is 2. The molecule has 1 aliphatic rings. The van der Waals surface area contributed by atoms with Crippen molar-refractivity contribution < 1.29 is 9.90 Å². The molecular weight excluding hydrogens is 238 g/mol. The van der Waals surface area contributed by atoms with Gasteiger partial charge in [-0.1, -0.05) is 24.3 Å². The number of phenolic OH excluding ortho intramolecular Hbond substituents is 1. The van der Waals surface area contributed by atoms with E-state index in [0.717, 1.165) is 13.1 Å². The highest BCUT2D eigenvalue weighted by atomic mass is 16.3. The number of aromatic hydroxyl groups is 1. The molecule has 0 aliphatic carbocycles. The second-order valence-corrected chi connectivity index (χ2v) is 4.88. The Morgan fingerprint density at radius 2 is 1.58 bits per heavy atom. The zero-order valence-corrected chi connectivity index (χ0v) is 10.5. The zero-order chi connectivity index (χ0) is 13.2. The summed E-state index contributed by atoms with van der Waals surface area (Å²) < 4.78 is 0. The predicted molar refractivity (Wildman–Crippen MR) is 73.0 cm³/mol. The molecule has 0 fully saturated rings. The number of Topliss-reactive ketones (excluding diaryl/α,β-unsaturated/α-hetero) is 1. The molecule has 1 heterocycles. The molecular formula is C16H15NO2. The topological polar surface area (TPSA) is 40.5 Å². The first-order chi connectivity index (χ1) is 9.22. The van der Waals surface area contributed by atoms with Crippen LogP contribution >= 0.6 is 0 Å². The third kappa shape index (κ3) is 2.51. The van der Waals surface area contributed by atoms with Crippen LogP contribution in [-0.2, 0) is 13.1 Å². The Bertz CT molecular complexity index is 579. The Balaban J connectivity index is 1.67. The fourth-order valence-electron chi connectivity index (χ4n) is 2.46. The third-order valence-electron chi connectivity index (χ3n) is 3.46. The highest BCUT2D eigenvalue weighted by Gasteiger charge is 2.20. The van der Waals surface area contributed by atoms with Gasteiger partial charge in [0.25, 0.3) is 0 Å². The lowest BCUT2D eigenvalue weighted by atomic mass is 10.1. The van der Waals surface area contributed by atoms with Crippen LogP contribution in [0.4, 0.5) is 0 Å². The summed E-state index contributed by atoms with van der Waals surface area (Å²) in [4.78, 5) is 14.3. The van der Waals surface area contributed by atoms with Gasteiger partial charge in [-0.15, -0.1) is 0 Å². The van der Waals surface area contributed by atoms with Gasteiger partial charge in [-0.3, -0.25) is 9.69 Å². The number of fused-ring (bicyclic) bond motifs is 1. The van der Waals surface area contributed by atoms with E-state index in [-0.39, 0.29) is 11.5 Å². The van der Waals surface area contributed by atoms with E-state index in [2.05, 4.69) is 17.0 Å². The van der Waals surface area contributed by atoms with Crippen molar-refractivity contribution in [2.75, 3.05) is 6.54 Å². The van der Waals surface area contributed by atoms with Gasteiger partial charge in [0.1, 0.15) is 5.75 Å². The van der Waals surface area contributed by atoms with Gasteiger partial charge < -0.3 is 5.11 Å². The Labute approximate surface area is 112 Å². The summed E-state index contributed by atoms with van der Waals surface area (Å²) in [6, 6.07) is 14.7. The lowest BCUT2D eigenvalue weighted by molar-refractivity contribution is 0.0929. The summed E-state index contributed by atoms with van der Waals surface area (Å²) in [5, 5.41) is 9.22. The van der Waals surface area contributed by atoms with Gasteiger partial charge in [0.2, 0.25) is 0 Å². The molecule has 3 heteroatoms. The average molecular weight is 253 g/mol. The van der Waals surface area contributed by atoms with Crippen LogP contribution < -0.4 is 0 Å². The zero-order valence-electron chi connectivity index (χ0n) is 10.5. The van der Waals surface area contributed by atoms with E-state index in [1.54, 1.807) is 24.3 Å². The molecule has 3 nitrogen and oxygen atoms in total. The molecule has 0 radical (unpaired) electrons. The van der Waals surface area contributed by atoms with Crippen molar-refractivity contribution in [1.82, 2.24) is 4.90 Å². The highest BCUT2D eigenvalue weighted by Crippen LogP contribution is 2.22. The summed E-state index contributed by atoms with van der Waals surface area (Å²) in [7, 11) is 0. The summed E-state index contributed by atoms with van der Waals surface area (Å²) in [6.07, 6.45) is 0. The molecule has 0 unspecified atom stereocenters. The van der Waals surface area contributed by atoms with Crippen molar-refractivity contribution in [3.8, 4) is 5.75 Å². The van der Waals surface area contributed by atoms with Crippen LogP contribution in [0.5, 0.6) is 5.75 Å². The molecule has 2 aromatic carbocycles. The van der Waals surface area contributed by atoms with Crippen LogP contribution in [0.1, 0.15) is 21.5 Å². The standard InChI is InChI=1S/C16H15NO2/c18-15-7-5-12(6-8-15)16(19)11-17-9-13-3-1-2-4-14(13)10-17/h1-8,18H,9-11H2. The predicted octanol–water partition coefficient (Wildman–Crippen LogP) is 2.59. The Kier molecular flexibility index (Phi) is 3.05. The smallest absolute Gasteiger partial charge is 0.176 e. The second-order valence-electron chi connectivity index (χ2n) is 4.88. The first-order valence-electron chi connectivity index (χ1n) is 6.34. The molecule has 0 amide bonds. The monoisotopic (exact) mass is 253 g/mol. The summed E-state index contributed by atoms with van der Waals surface area (Å²) >= 11 is 0. The number of carbonyl (C=O) groups is 1. The van der Waals surface area contributed by atoms with Crippen molar-refractivity contribution >= 4 is 5.78 Å². The average Bonchev–Trinajstić information content (AvgIpc) is 2.81. The minimum absolute atomic E-state index is 0.0906. The van der Waals surface area contributed by atoms with Crippen molar-refractivity contribution in [3.63, 3.8) is 0 Å². The lowest BCUT2D eigenvalue weighted by Crippen LogP contribution is -2.24. The summed E-state index contributed by atoms with van der Waals surface area (Å²) in [6.45, 7) is 2.08. The Morgan fingerprint density at radius 3 is 2.16 bits per heavy atom. The largest absolute Gasteiger partial charge is 0.508 e. The molecule has 1 N–H and O–H groups in total. The third-order valence-corrected chi connectivity index (χ3v) is 3.46. The first-order valence-corrected chi connectivity index (χ1v) is 6.34. The quantitative estimate of drug-likeness (QED) is 0.855. The van der Waals surface area contributed by atoms with E-state index < -0.39 is 0 Å². The normalized spacial score (nSPS) is 14.3. The summed E-state index contributed by atoms with van der Waals surface area (Å²) in [5.74, 6) is 0.276. The van der Waals surface area contributed by atoms with Gasteiger partial charge in [0.05, 0.1) is 6.54 Å². The van der Waals surface area contributed by atoms with Crippen LogP contribution in [0, 0.1) is 0 Å². The number of phenols is 1. The molecule has 1 aliphatic heterocycles. The van der Waals surface area contributed by atoms with E-state index >= 15 is 0 Å². The maximum atomic E-state index is 12.1. The van der Waals surface area contributed by atoms with Crippen molar-refractivity contribution in [2.45, 2.75) is 13.1 Å². The molecule has 0 bridgehead atoms. The van der Waals surface area contributed by atoms with Crippen molar-refractivity contribution in [2.24, 2.45) is 0 Å². The minimum atomic E-state index is 0.0906. The number of hydrogen-bond donors (Lipinski definition) is 1. The Hall–Kier alpha value is -2.13. The molecule has 19 heavy (non-hydrogen) atoms. The van der Waals surface area contributed by atoms with Crippen LogP contribution in [0.3, 0.4) is 0 Å². The van der Waals surface area contributed by atoms with Crippen LogP contribution in [0.25, 0.3) is 0 Å². The molecule has 0 spiro atoms. The summed E-state index contributed by atoms with van der Waals surface area (Å²) in [5.41, 5.74) is 3.26. The van der Waals surface area contributed by atoms with Gasteiger partial charge in [-0.05, 0) is 35.4 Å². The highest BCUT2D eigenvalue weighted by molar-refractivity contribution is 5.97. The van der Waals surface area contributed by atoms with Crippen molar-refractivity contribution in [1.29, 1.82) is 0 Å². The fraction of sp³-hybridized carbons (Fsp3) is 0.188. The fourth-order valence-corrected chi connectivity index (χ4v) is 2.46. The Morgan fingerprint density at radius 1 is 1.00 bits per heavy atom. The number of rotatable bonds is 3. The first kappa shape index (κ1) is 11.9. The maximum absolute atomic E-state index is 12.1. The van der Waals surface area contributed by atoms with Crippen LogP contribution in [-0.4, -0.2) is 22.3 Å². The maximum Gasteiger partial charge on any atom is 0.176 e. The molecule has 0 atom stereocenters. The number of carbonyl (C=O) groups excluding carboxylic acids is 1. The number of hydrogen-bond acceptors (Lipinski definition) is 3. The molecule has 0 aromatic heterocycles. The number of ketones is 1. The van der Waals surface area contributed by atoms with Gasteiger partial charge >= 0.3 is 0 Å². The molecule has 0 saturated carbocycles. The van der Waals surface area contributed by atoms with E-state index in [1.807, 2.05) is 12.1 Å². The van der Waals surface area contributed by atoms with Crippen molar-refractivity contribution in [3.05, 3.63) is 65.2 Å². The number of nitrogens with zero attached hydrogens (tertiary/aromatic N) is 1. The van der Waals surface area contributed by atoms with E-state index in [0.29, 0.717) is 12.1 Å². The second kappa shape index (κ2) is 4.86. The van der Waals surface area contributed by atoms with E-state index in [1.165, 1.54) is 11.1 Å². The van der Waals surface area contributed by atoms with E-state index in [9.17, 15) is 9.90 Å². The van der Waals surface area contributed by atoms with E-state index in [4.69, 9.17) is 0 Å². The molecule has 96 valence electrons. The SMILES string of the molecule is O=C(CN1Cc2ccccc2C1)c1ccc(O)cc1. The lowest BCUT2D eigenvalue weighted by Gasteiger charge is -2.13. The molecule has 0 saturated heterocycles. The molecule has 2 aromatic rings.